The largest absolute Gasteiger partial charge is 0.348 e. The summed E-state index contributed by atoms with van der Waals surface area (Å²) in [6.07, 6.45) is 0. The summed E-state index contributed by atoms with van der Waals surface area (Å²) in [4.78, 5) is 15.5. The first kappa shape index (κ1) is 18.4. The number of pyridine rings is 1. The SMILES string of the molecule is Cc1cccc(C(=O)NCCNc2[nH+]c3cc(C)cc(C)c3cc2C#N)c1. The molecule has 3 rings (SSSR count). The molecular formula is C22H23N4O+. The number of nitrogens with one attached hydrogen (secondary N) is 3. The van der Waals surface area contributed by atoms with Crippen molar-refractivity contribution in [1.29, 1.82) is 5.26 Å². The van der Waals surface area contributed by atoms with Crippen molar-refractivity contribution in [3.63, 3.8) is 0 Å². The molecule has 1 aromatic heterocycles. The molecule has 5 nitrogen and oxygen atoms in total. The van der Waals surface area contributed by atoms with E-state index in [1.165, 1.54) is 0 Å². The Morgan fingerprint density at radius 1 is 1.07 bits per heavy atom. The predicted octanol–water partition coefficient (Wildman–Crippen LogP) is 3.29. The van der Waals surface area contributed by atoms with Crippen molar-refractivity contribution in [3.8, 4) is 6.07 Å². The number of nitriles is 1. The minimum Gasteiger partial charge on any atom is -0.348 e. The van der Waals surface area contributed by atoms with Crippen molar-refractivity contribution in [1.82, 2.24) is 5.32 Å². The summed E-state index contributed by atoms with van der Waals surface area (Å²) < 4.78 is 0. The molecule has 0 spiro atoms. The van der Waals surface area contributed by atoms with E-state index in [2.05, 4.69) is 33.8 Å². The summed E-state index contributed by atoms with van der Waals surface area (Å²) in [5.74, 6) is 0.564. The number of aromatic amines is 1. The Morgan fingerprint density at radius 2 is 1.89 bits per heavy atom. The van der Waals surface area contributed by atoms with Gasteiger partial charge in [0.25, 0.3) is 11.7 Å². The lowest BCUT2D eigenvalue weighted by molar-refractivity contribution is -0.327. The van der Waals surface area contributed by atoms with Crippen LogP contribution in [0.2, 0.25) is 0 Å². The highest BCUT2D eigenvalue weighted by Gasteiger charge is 2.14. The molecular weight excluding hydrogens is 336 g/mol. The zero-order chi connectivity index (χ0) is 19.4. The summed E-state index contributed by atoms with van der Waals surface area (Å²) >= 11 is 0. The molecule has 0 saturated heterocycles. The topological polar surface area (TPSA) is 79.1 Å². The fourth-order valence-electron chi connectivity index (χ4n) is 3.17. The molecule has 0 atom stereocenters. The van der Waals surface area contributed by atoms with Crippen LogP contribution in [0.15, 0.2) is 42.5 Å². The van der Waals surface area contributed by atoms with Crippen LogP contribution >= 0.6 is 0 Å². The third-order valence-electron chi connectivity index (χ3n) is 4.46. The molecule has 0 unspecified atom stereocenters. The van der Waals surface area contributed by atoms with Crippen LogP contribution in [0.5, 0.6) is 0 Å². The maximum atomic E-state index is 12.2. The predicted molar refractivity (Wildman–Crippen MR) is 107 cm³/mol. The lowest BCUT2D eigenvalue weighted by Crippen LogP contribution is -2.30. The van der Waals surface area contributed by atoms with Crippen LogP contribution in [-0.4, -0.2) is 19.0 Å². The Kier molecular flexibility index (Phi) is 5.37. The Balaban J connectivity index is 1.68. The van der Waals surface area contributed by atoms with Crippen molar-refractivity contribution < 1.29 is 9.78 Å². The maximum absolute atomic E-state index is 12.2. The van der Waals surface area contributed by atoms with E-state index < -0.39 is 0 Å². The second-order valence-corrected chi connectivity index (χ2v) is 6.77. The van der Waals surface area contributed by atoms with E-state index in [1.807, 2.05) is 45.0 Å². The second-order valence-electron chi connectivity index (χ2n) is 6.77. The van der Waals surface area contributed by atoms with Gasteiger partial charge in [0.1, 0.15) is 23.7 Å². The van der Waals surface area contributed by atoms with Gasteiger partial charge in [-0.15, -0.1) is 0 Å². The number of rotatable bonds is 5. The molecule has 0 bridgehead atoms. The number of hydrogen-bond acceptors (Lipinski definition) is 3. The van der Waals surface area contributed by atoms with Gasteiger partial charge in [0.15, 0.2) is 0 Å². The quantitative estimate of drug-likeness (QED) is 0.686. The van der Waals surface area contributed by atoms with E-state index in [-0.39, 0.29) is 5.91 Å². The van der Waals surface area contributed by atoms with Gasteiger partial charge in [-0.05, 0) is 56.2 Å². The van der Waals surface area contributed by atoms with Gasteiger partial charge < -0.3 is 5.32 Å². The Morgan fingerprint density at radius 3 is 2.63 bits per heavy atom. The molecule has 136 valence electrons. The van der Waals surface area contributed by atoms with Crippen LogP contribution in [0.1, 0.15) is 32.6 Å². The molecule has 0 saturated carbocycles. The molecule has 0 fully saturated rings. The molecule has 1 heterocycles. The Labute approximate surface area is 159 Å². The summed E-state index contributed by atoms with van der Waals surface area (Å²) in [5.41, 5.74) is 5.54. The average Bonchev–Trinajstić information content (AvgIpc) is 2.64. The fourth-order valence-corrected chi connectivity index (χ4v) is 3.17. The standard InChI is InChI=1S/C22H22N4O/c1-14-5-4-6-17(10-14)22(27)25-8-7-24-21-18(13-23)12-19-16(3)9-15(2)11-20(19)26-21/h4-6,9-12H,7-8H2,1-3H3,(H,24,26)(H,25,27)/p+1. The third-order valence-corrected chi connectivity index (χ3v) is 4.46. The van der Waals surface area contributed by atoms with Crippen LogP contribution in [0.4, 0.5) is 5.82 Å². The van der Waals surface area contributed by atoms with E-state index in [4.69, 9.17) is 0 Å². The van der Waals surface area contributed by atoms with Gasteiger partial charge in [0.05, 0.1) is 6.54 Å². The normalized spacial score (nSPS) is 10.4. The number of aromatic nitrogens is 1. The molecule has 3 N–H and O–H groups in total. The number of fused-ring (bicyclic) bond motifs is 1. The minimum atomic E-state index is -0.102. The van der Waals surface area contributed by atoms with Crippen LogP contribution < -0.4 is 15.6 Å². The summed E-state index contributed by atoms with van der Waals surface area (Å²) in [6.45, 7) is 7.01. The number of H-pyrrole nitrogens is 1. The van der Waals surface area contributed by atoms with Crippen LogP contribution in [0, 0.1) is 32.1 Å². The van der Waals surface area contributed by atoms with Gasteiger partial charge in [-0.3, -0.25) is 10.1 Å². The van der Waals surface area contributed by atoms with E-state index in [0.29, 0.717) is 30.0 Å². The number of anilines is 1. The minimum absolute atomic E-state index is 0.102. The van der Waals surface area contributed by atoms with Crippen molar-refractivity contribution in [3.05, 3.63) is 70.3 Å². The molecule has 1 amide bonds. The highest BCUT2D eigenvalue weighted by molar-refractivity contribution is 5.94. The number of amides is 1. The zero-order valence-electron chi connectivity index (χ0n) is 15.8. The molecule has 0 aliphatic rings. The van der Waals surface area contributed by atoms with E-state index in [1.54, 1.807) is 6.07 Å². The van der Waals surface area contributed by atoms with Gasteiger partial charge in [0, 0.05) is 10.9 Å². The molecule has 3 aromatic rings. The van der Waals surface area contributed by atoms with Gasteiger partial charge in [-0.2, -0.15) is 5.26 Å². The first-order chi connectivity index (χ1) is 13.0. The Hall–Kier alpha value is -3.39. The monoisotopic (exact) mass is 359 g/mol. The summed E-state index contributed by atoms with van der Waals surface area (Å²) in [7, 11) is 0. The molecule has 5 heteroatoms. The van der Waals surface area contributed by atoms with Crippen molar-refractivity contribution >= 4 is 22.6 Å². The van der Waals surface area contributed by atoms with Crippen molar-refractivity contribution in [2.45, 2.75) is 20.8 Å². The van der Waals surface area contributed by atoms with Crippen molar-refractivity contribution in [2.24, 2.45) is 0 Å². The van der Waals surface area contributed by atoms with E-state index in [0.717, 1.165) is 27.6 Å². The molecule has 0 aliphatic heterocycles. The fraction of sp³-hybridized carbons (Fsp3) is 0.227. The Bertz CT molecular complexity index is 1050. The highest BCUT2D eigenvalue weighted by atomic mass is 16.1. The molecule has 0 aliphatic carbocycles. The summed E-state index contributed by atoms with van der Waals surface area (Å²) in [5, 5.41) is 16.6. The first-order valence-electron chi connectivity index (χ1n) is 8.94. The first-order valence-corrected chi connectivity index (χ1v) is 8.94. The highest BCUT2D eigenvalue weighted by Crippen LogP contribution is 2.21. The van der Waals surface area contributed by atoms with Gasteiger partial charge in [-0.1, -0.05) is 23.8 Å². The lowest BCUT2D eigenvalue weighted by Gasteiger charge is -2.07. The molecule has 0 radical (unpaired) electrons. The number of carbonyl (C=O) groups excluding carboxylic acids is 1. The van der Waals surface area contributed by atoms with Gasteiger partial charge >= 0.3 is 0 Å². The number of benzene rings is 2. The van der Waals surface area contributed by atoms with Crippen LogP contribution in [0.3, 0.4) is 0 Å². The van der Waals surface area contributed by atoms with E-state index >= 15 is 0 Å². The number of carbonyl (C=O) groups is 1. The number of hydrogen-bond donors (Lipinski definition) is 2. The third kappa shape index (κ3) is 4.24. The average molecular weight is 359 g/mol. The van der Waals surface area contributed by atoms with E-state index in [9.17, 15) is 10.1 Å². The zero-order valence-corrected chi connectivity index (χ0v) is 15.8. The van der Waals surface area contributed by atoms with Crippen LogP contribution in [-0.2, 0) is 0 Å². The maximum Gasteiger partial charge on any atom is 0.290 e. The molecule has 27 heavy (non-hydrogen) atoms. The lowest BCUT2D eigenvalue weighted by atomic mass is 10.0. The van der Waals surface area contributed by atoms with Gasteiger partial charge in [0.2, 0.25) is 0 Å². The number of nitrogens with zero attached hydrogens (tertiary/aromatic N) is 1. The molecule has 2 aromatic carbocycles. The number of aryl methyl sites for hydroxylation is 3. The summed E-state index contributed by atoms with van der Waals surface area (Å²) in [6, 6.07) is 15.8. The second kappa shape index (κ2) is 7.88. The smallest absolute Gasteiger partial charge is 0.290 e. The van der Waals surface area contributed by atoms with Gasteiger partial charge in [-0.25, -0.2) is 4.98 Å². The van der Waals surface area contributed by atoms with Crippen molar-refractivity contribution in [2.75, 3.05) is 18.4 Å². The van der Waals surface area contributed by atoms with Crippen LogP contribution in [0.25, 0.3) is 10.9 Å².